The Balaban J connectivity index is 1.61. The first-order chi connectivity index (χ1) is 12.8. The lowest BCUT2D eigenvalue weighted by Crippen LogP contribution is -2.37. The first kappa shape index (κ1) is 19.4. The van der Waals surface area contributed by atoms with Gasteiger partial charge in [0.2, 0.25) is 0 Å². The van der Waals surface area contributed by atoms with E-state index in [9.17, 15) is 9.59 Å². The van der Waals surface area contributed by atoms with Gasteiger partial charge in [0.15, 0.2) is 6.61 Å². The van der Waals surface area contributed by atoms with E-state index in [1.807, 2.05) is 38.1 Å². The van der Waals surface area contributed by atoms with E-state index < -0.39 is 5.97 Å². The Morgan fingerprint density at radius 2 is 1.96 bits per heavy atom. The van der Waals surface area contributed by atoms with Gasteiger partial charge in [-0.25, -0.2) is 9.48 Å². The summed E-state index contributed by atoms with van der Waals surface area (Å²) < 4.78 is 6.71. The Bertz CT molecular complexity index is 841. The van der Waals surface area contributed by atoms with E-state index >= 15 is 0 Å². The molecule has 27 heavy (non-hydrogen) atoms. The second-order valence-corrected chi connectivity index (χ2v) is 7.52. The van der Waals surface area contributed by atoms with Crippen LogP contribution in [0.1, 0.15) is 46.9 Å². The minimum Gasteiger partial charge on any atom is -0.452 e. The third kappa shape index (κ3) is 4.89. The monoisotopic (exact) mass is 389 g/mol. The molecule has 0 aliphatic heterocycles. The van der Waals surface area contributed by atoms with Gasteiger partial charge in [0.05, 0.1) is 12.2 Å². The van der Waals surface area contributed by atoms with Crippen molar-refractivity contribution in [2.24, 2.45) is 5.92 Å². The predicted molar refractivity (Wildman–Crippen MR) is 103 cm³/mol. The minimum atomic E-state index is -0.637. The lowest BCUT2D eigenvalue weighted by Gasteiger charge is -2.12. The Morgan fingerprint density at radius 3 is 2.59 bits per heavy atom. The fraction of sp³-hybridized carbons (Fsp3) is 0.450. The van der Waals surface area contributed by atoms with E-state index in [1.165, 1.54) is 5.56 Å². The van der Waals surface area contributed by atoms with Crippen LogP contribution < -0.4 is 5.32 Å². The van der Waals surface area contributed by atoms with Crippen molar-refractivity contribution in [3.05, 3.63) is 51.8 Å². The molecule has 3 rings (SSSR count). The lowest BCUT2D eigenvalue weighted by molar-refractivity contribution is -0.124. The molecule has 1 atom stereocenters. The summed E-state index contributed by atoms with van der Waals surface area (Å²) in [5.74, 6) is -0.396. The number of ether oxygens (including phenoxy) is 1. The van der Waals surface area contributed by atoms with Crippen LogP contribution >= 0.6 is 11.6 Å². The molecule has 1 aromatic heterocycles. The molecule has 1 fully saturated rings. The second kappa shape index (κ2) is 8.13. The topological polar surface area (TPSA) is 73.2 Å². The van der Waals surface area contributed by atoms with Crippen LogP contribution in [0, 0.1) is 19.8 Å². The summed E-state index contributed by atoms with van der Waals surface area (Å²) in [6.45, 7) is 5.81. The van der Waals surface area contributed by atoms with Crippen LogP contribution in [0.15, 0.2) is 24.3 Å². The molecule has 144 valence electrons. The summed E-state index contributed by atoms with van der Waals surface area (Å²) in [5.41, 5.74) is 2.87. The second-order valence-electron chi connectivity index (χ2n) is 7.16. The maximum Gasteiger partial charge on any atom is 0.343 e. The van der Waals surface area contributed by atoms with Crippen molar-refractivity contribution in [3.8, 4) is 0 Å². The highest BCUT2D eigenvalue weighted by atomic mass is 35.5. The van der Waals surface area contributed by atoms with Crippen LogP contribution in [0.25, 0.3) is 0 Å². The molecular weight excluding hydrogens is 366 g/mol. The zero-order valence-corrected chi connectivity index (χ0v) is 16.5. The molecule has 2 aromatic rings. The largest absolute Gasteiger partial charge is 0.452 e. The van der Waals surface area contributed by atoms with Gasteiger partial charge in [-0.05, 0) is 45.1 Å². The van der Waals surface area contributed by atoms with Crippen molar-refractivity contribution in [1.29, 1.82) is 0 Å². The number of carbonyl (C=O) groups is 2. The fourth-order valence-corrected chi connectivity index (χ4v) is 3.28. The van der Waals surface area contributed by atoms with Crippen molar-refractivity contribution in [2.45, 2.75) is 46.2 Å². The minimum absolute atomic E-state index is 0.110. The zero-order chi connectivity index (χ0) is 19.6. The molecule has 0 spiro atoms. The molecular formula is C20H24ClN3O3. The van der Waals surface area contributed by atoms with E-state index in [0.717, 1.165) is 18.4 Å². The van der Waals surface area contributed by atoms with Gasteiger partial charge in [-0.2, -0.15) is 5.10 Å². The number of nitrogens with zero attached hydrogens (tertiary/aromatic N) is 2. The number of aromatic nitrogens is 2. The molecule has 0 saturated heterocycles. The lowest BCUT2D eigenvalue weighted by atomic mass is 10.1. The van der Waals surface area contributed by atoms with E-state index in [2.05, 4.69) is 10.4 Å². The van der Waals surface area contributed by atoms with E-state index in [4.69, 9.17) is 16.3 Å². The molecule has 1 aliphatic rings. The first-order valence-corrected chi connectivity index (χ1v) is 9.48. The summed E-state index contributed by atoms with van der Waals surface area (Å²) in [5, 5.41) is 7.40. The number of hydrogen-bond donors (Lipinski definition) is 1. The Labute approximate surface area is 163 Å². The summed E-state index contributed by atoms with van der Waals surface area (Å²) in [4.78, 5) is 24.3. The number of hydrogen-bond acceptors (Lipinski definition) is 4. The maximum absolute atomic E-state index is 12.4. The molecule has 1 amide bonds. The average molecular weight is 390 g/mol. The van der Waals surface area contributed by atoms with E-state index in [0.29, 0.717) is 18.2 Å². The molecule has 1 aliphatic carbocycles. The van der Waals surface area contributed by atoms with Crippen LogP contribution in [0.3, 0.4) is 0 Å². The number of nitrogens with one attached hydrogen (secondary N) is 1. The highest BCUT2D eigenvalue weighted by molar-refractivity contribution is 6.32. The summed E-state index contributed by atoms with van der Waals surface area (Å²) in [6.07, 6.45) is 2.27. The average Bonchev–Trinajstić information content (AvgIpc) is 3.42. The summed E-state index contributed by atoms with van der Waals surface area (Å²) in [7, 11) is 0. The van der Waals surface area contributed by atoms with Crippen LogP contribution in [-0.4, -0.2) is 34.3 Å². The van der Waals surface area contributed by atoms with Crippen molar-refractivity contribution in [1.82, 2.24) is 15.1 Å². The molecule has 1 heterocycles. The molecule has 1 aromatic carbocycles. The van der Waals surface area contributed by atoms with Gasteiger partial charge >= 0.3 is 5.97 Å². The summed E-state index contributed by atoms with van der Waals surface area (Å²) >= 11 is 6.35. The predicted octanol–water partition coefficient (Wildman–Crippen LogP) is 3.27. The number of esters is 1. The smallest absolute Gasteiger partial charge is 0.343 e. The quantitative estimate of drug-likeness (QED) is 0.737. The zero-order valence-electron chi connectivity index (χ0n) is 15.8. The summed E-state index contributed by atoms with van der Waals surface area (Å²) in [6, 6.07) is 8.11. The normalized spacial score (nSPS) is 14.7. The van der Waals surface area contributed by atoms with Crippen molar-refractivity contribution in [2.75, 3.05) is 6.61 Å². The Morgan fingerprint density at radius 1 is 1.30 bits per heavy atom. The van der Waals surface area contributed by atoms with Gasteiger partial charge in [-0.1, -0.05) is 41.4 Å². The number of halogens is 1. The van der Waals surface area contributed by atoms with Gasteiger partial charge in [-0.15, -0.1) is 0 Å². The van der Waals surface area contributed by atoms with Gasteiger partial charge in [0, 0.05) is 6.04 Å². The van der Waals surface area contributed by atoms with Gasteiger partial charge in [-0.3, -0.25) is 4.79 Å². The first-order valence-electron chi connectivity index (χ1n) is 9.10. The van der Waals surface area contributed by atoms with Gasteiger partial charge < -0.3 is 10.1 Å². The number of aryl methyl sites for hydroxylation is 2. The van der Waals surface area contributed by atoms with E-state index in [-0.39, 0.29) is 29.3 Å². The van der Waals surface area contributed by atoms with Crippen LogP contribution in [0.5, 0.6) is 0 Å². The molecule has 0 unspecified atom stereocenters. The fourth-order valence-electron chi connectivity index (χ4n) is 2.97. The highest BCUT2D eigenvalue weighted by Gasteiger charge is 2.29. The maximum atomic E-state index is 12.4. The van der Waals surface area contributed by atoms with Gasteiger partial charge in [0.1, 0.15) is 10.7 Å². The molecule has 1 saturated carbocycles. The van der Waals surface area contributed by atoms with Crippen LogP contribution in [0.4, 0.5) is 0 Å². The van der Waals surface area contributed by atoms with Crippen molar-refractivity contribution in [3.63, 3.8) is 0 Å². The number of amides is 1. The number of carbonyl (C=O) groups excluding carboxylic acids is 2. The SMILES string of the molecule is Cc1ccc(Cn2nc(C)c(C(=O)OCC(=O)N[C@@H](C)C3CC3)c2Cl)cc1. The number of rotatable bonds is 7. The third-order valence-electron chi connectivity index (χ3n) is 4.77. The molecule has 1 N–H and O–H groups in total. The molecule has 7 heteroatoms. The standard InChI is InChI=1S/C20H24ClN3O3/c1-12-4-6-15(7-5-12)10-24-19(21)18(14(3)23-24)20(26)27-11-17(25)22-13(2)16-8-9-16/h4-7,13,16H,8-11H2,1-3H3,(H,22,25)/t13-/m0/s1. The Hall–Kier alpha value is -2.34. The number of benzene rings is 1. The van der Waals surface area contributed by atoms with Crippen LogP contribution in [-0.2, 0) is 16.1 Å². The third-order valence-corrected chi connectivity index (χ3v) is 5.16. The van der Waals surface area contributed by atoms with Crippen molar-refractivity contribution >= 4 is 23.5 Å². The molecule has 0 radical (unpaired) electrons. The Kier molecular flexibility index (Phi) is 5.85. The van der Waals surface area contributed by atoms with Crippen molar-refractivity contribution < 1.29 is 14.3 Å². The highest BCUT2D eigenvalue weighted by Crippen LogP contribution is 2.32. The van der Waals surface area contributed by atoms with Crippen LogP contribution in [0.2, 0.25) is 5.15 Å². The van der Waals surface area contributed by atoms with E-state index in [1.54, 1.807) is 11.6 Å². The molecule has 0 bridgehead atoms. The van der Waals surface area contributed by atoms with Gasteiger partial charge in [0.25, 0.3) is 5.91 Å². The molecule has 6 nitrogen and oxygen atoms in total.